The number of aromatic amines is 1. The van der Waals surface area contributed by atoms with E-state index in [1.165, 1.54) is 23.8 Å². The summed E-state index contributed by atoms with van der Waals surface area (Å²) in [5, 5.41) is 13.0. The van der Waals surface area contributed by atoms with Gasteiger partial charge in [-0.05, 0) is 122 Å². The number of amides is 1. The zero-order valence-electron chi connectivity index (χ0n) is 35.5. The minimum absolute atomic E-state index is 0.0520. The van der Waals surface area contributed by atoms with Crippen molar-refractivity contribution in [2.75, 3.05) is 50.8 Å². The summed E-state index contributed by atoms with van der Waals surface area (Å²) in [5.74, 6) is 0.716. The normalized spacial score (nSPS) is 18.0. The third-order valence-electron chi connectivity index (χ3n) is 12.3. The second kappa shape index (κ2) is 18.6. The number of halogens is 3. The van der Waals surface area contributed by atoms with Crippen molar-refractivity contribution in [1.29, 1.82) is 0 Å². The smallest absolute Gasteiger partial charge is 0.416 e. The maximum atomic E-state index is 13.9. The first-order chi connectivity index (χ1) is 30.2. The molecule has 1 atom stereocenters. The number of carbonyl (C=O) groups excluding carboxylic acids is 1. The van der Waals surface area contributed by atoms with E-state index in [2.05, 4.69) is 38.3 Å². The van der Waals surface area contributed by atoms with Crippen LogP contribution in [0.2, 0.25) is 0 Å². The molecule has 8 rings (SSSR count). The number of piperazine rings is 1. The summed E-state index contributed by atoms with van der Waals surface area (Å²) in [7, 11) is 0. The first-order valence-electron chi connectivity index (χ1n) is 21.3. The van der Waals surface area contributed by atoms with Crippen molar-refractivity contribution in [3.8, 4) is 17.2 Å². The largest absolute Gasteiger partial charge is 0.483 e. The third-order valence-corrected chi connectivity index (χ3v) is 13.1. The minimum Gasteiger partial charge on any atom is -0.483 e. The Morgan fingerprint density at radius 2 is 1.79 bits per heavy atom. The van der Waals surface area contributed by atoms with Gasteiger partial charge in [-0.2, -0.15) is 13.2 Å². The Bertz CT molecular complexity index is 2480. The number of alkyl halides is 3. The molecule has 0 radical (unpaired) electrons. The molecule has 332 valence electrons. The van der Waals surface area contributed by atoms with Crippen LogP contribution in [0.1, 0.15) is 74.4 Å². The summed E-state index contributed by atoms with van der Waals surface area (Å²) >= 11 is 0.962. The molecule has 1 unspecified atom stereocenters. The Morgan fingerprint density at radius 1 is 1.03 bits per heavy atom. The Hall–Kier alpha value is -5.58. The molecule has 3 aromatic carbocycles. The summed E-state index contributed by atoms with van der Waals surface area (Å²) < 4.78 is 60.9. The van der Waals surface area contributed by atoms with Crippen LogP contribution >= 0.6 is 11.9 Å². The standard InChI is InChI=1S/C47H51F3N6O6S/c1-30(31-14-22-60-23-15-31)61-42-11-9-38(26-41(42)56(58)59)63-53-45(57)39-10-8-36(25-43(39)62-37-24-33-13-17-51-44(33)52-28-37)55-20-18-54(19-21-55)29-34-12-16-46(2,3)27-40(34)32-4-6-35(7-5-32)47(48,49)50/h4-11,13,17,24-26,28,30-31H,12,14-16,18-23,27,29H2,1-3H3,(H,51,52)(H,53,57). The van der Waals surface area contributed by atoms with Crippen molar-refractivity contribution < 1.29 is 37.1 Å². The van der Waals surface area contributed by atoms with Gasteiger partial charge in [-0.25, -0.2) is 4.98 Å². The summed E-state index contributed by atoms with van der Waals surface area (Å²) in [6.45, 7) is 11.3. The lowest BCUT2D eigenvalue weighted by Gasteiger charge is -2.39. The molecule has 4 heterocycles. The van der Waals surface area contributed by atoms with Crippen LogP contribution in [-0.2, 0) is 10.9 Å². The number of fused-ring (bicyclic) bond motifs is 1. The first-order valence-corrected chi connectivity index (χ1v) is 22.1. The zero-order chi connectivity index (χ0) is 44.3. The Morgan fingerprint density at radius 3 is 2.52 bits per heavy atom. The molecular formula is C47H51F3N6O6S. The van der Waals surface area contributed by atoms with E-state index < -0.39 is 22.6 Å². The van der Waals surface area contributed by atoms with E-state index in [1.807, 2.05) is 31.2 Å². The van der Waals surface area contributed by atoms with Crippen LogP contribution in [0.5, 0.6) is 17.2 Å². The second-order valence-corrected chi connectivity index (χ2v) is 18.2. The van der Waals surface area contributed by atoms with E-state index in [1.54, 1.807) is 42.7 Å². The number of nitrogens with zero attached hydrogens (tertiary/aromatic N) is 4. The molecule has 1 amide bonds. The zero-order valence-corrected chi connectivity index (χ0v) is 36.3. The van der Waals surface area contributed by atoms with Gasteiger partial charge in [0, 0.05) is 80.2 Å². The van der Waals surface area contributed by atoms with Gasteiger partial charge in [0.1, 0.15) is 17.1 Å². The highest BCUT2D eigenvalue weighted by Gasteiger charge is 2.33. The summed E-state index contributed by atoms with van der Waals surface area (Å²) in [6, 6.07) is 19.4. The molecule has 0 saturated carbocycles. The third kappa shape index (κ3) is 10.6. The average molecular weight is 885 g/mol. The van der Waals surface area contributed by atoms with Gasteiger partial charge >= 0.3 is 11.9 Å². The number of allylic oxidation sites excluding steroid dienone is 1. The molecule has 2 aromatic heterocycles. The van der Waals surface area contributed by atoms with Crippen LogP contribution in [0.4, 0.5) is 24.5 Å². The fraction of sp³-hybridized carbons (Fsp3) is 0.404. The maximum absolute atomic E-state index is 13.9. The average Bonchev–Trinajstić information content (AvgIpc) is 3.75. The van der Waals surface area contributed by atoms with Crippen molar-refractivity contribution in [2.45, 2.75) is 70.1 Å². The first kappa shape index (κ1) is 44.0. The van der Waals surface area contributed by atoms with Gasteiger partial charge in [0.25, 0.3) is 5.91 Å². The van der Waals surface area contributed by atoms with E-state index in [0.717, 1.165) is 85.9 Å². The van der Waals surface area contributed by atoms with Gasteiger partial charge in [-0.3, -0.25) is 24.5 Å². The molecule has 2 saturated heterocycles. The monoisotopic (exact) mass is 884 g/mol. The number of rotatable bonds is 13. The molecule has 2 aliphatic heterocycles. The molecule has 2 N–H and O–H groups in total. The number of anilines is 1. The molecule has 0 spiro atoms. The molecule has 12 nitrogen and oxygen atoms in total. The topological polar surface area (TPSA) is 135 Å². The fourth-order valence-corrected chi connectivity index (χ4v) is 9.26. The van der Waals surface area contributed by atoms with Gasteiger partial charge in [0.15, 0.2) is 5.75 Å². The number of nitro benzene ring substituents is 1. The maximum Gasteiger partial charge on any atom is 0.416 e. The molecule has 0 bridgehead atoms. The highest BCUT2D eigenvalue weighted by Crippen LogP contribution is 2.44. The van der Waals surface area contributed by atoms with Crippen LogP contribution in [-0.4, -0.2) is 77.7 Å². The van der Waals surface area contributed by atoms with Crippen molar-refractivity contribution >= 4 is 45.8 Å². The van der Waals surface area contributed by atoms with Gasteiger partial charge in [-0.15, -0.1) is 0 Å². The lowest BCUT2D eigenvalue weighted by atomic mass is 9.72. The van der Waals surface area contributed by atoms with Crippen molar-refractivity contribution in [3.63, 3.8) is 0 Å². The van der Waals surface area contributed by atoms with E-state index in [9.17, 15) is 28.1 Å². The highest BCUT2D eigenvalue weighted by molar-refractivity contribution is 7.98. The number of nitrogens with one attached hydrogen (secondary N) is 2. The quantitative estimate of drug-likeness (QED) is 0.0668. The van der Waals surface area contributed by atoms with E-state index >= 15 is 0 Å². The fourth-order valence-electron chi connectivity index (χ4n) is 8.63. The van der Waals surface area contributed by atoms with Gasteiger partial charge in [0.2, 0.25) is 0 Å². The Labute approximate surface area is 368 Å². The highest BCUT2D eigenvalue weighted by atomic mass is 32.2. The summed E-state index contributed by atoms with van der Waals surface area (Å²) in [4.78, 5) is 38.1. The van der Waals surface area contributed by atoms with Crippen LogP contribution in [0.15, 0.2) is 95.7 Å². The molecular weight excluding hydrogens is 834 g/mol. The number of ether oxygens (including phenoxy) is 3. The lowest BCUT2D eigenvalue weighted by Crippen LogP contribution is -2.47. The number of pyridine rings is 1. The number of hydrogen-bond acceptors (Lipinski definition) is 10. The summed E-state index contributed by atoms with van der Waals surface area (Å²) in [6.07, 6.45) is 3.13. The second-order valence-electron chi connectivity index (χ2n) is 17.3. The number of hydrogen-bond donors (Lipinski definition) is 2. The van der Waals surface area contributed by atoms with Crippen LogP contribution in [0, 0.1) is 21.4 Å². The van der Waals surface area contributed by atoms with Crippen molar-refractivity contribution in [2.24, 2.45) is 11.3 Å². The van der Waals surface area contributed by atoms with E-state index in [0.29, 0.717) is 48.3 Å². The van der Waals surface area contributed by atoms with Gasteiger partial charge < -0.3 is 24.1 Å². The van der Waals surface area contributed by atoms with Gasteiger partial charge in [-0.1, -0.05) is 31.6 Å². The number of carbonyl (C=O) groups is 1. The Kier molecular flexibility index (Phi) is 13.0. The van der Waals surface area contributed by atoms with E-state index in [4.69, 9.17) is 14.2 Å². The lowest BCUT2D eigenvalue weighted by molar-refractivity contribution is -0.386. The van der Waals surface area contributed by atoms with Crippen LogP contribution in [0.3, 0.4) is 0 Å². The number of H-pyrrole nitrogens is 1. The molecule has 2 fully saturated rings. The number of aromatic nitrogens is 2. The minimum atomic E-state index is -4.38. The predicted octanol–water partition coefficient (Wildman–Crippen LogP) is 10.7. The number of benzene rings is 3. The van der Waals surface area contributed by atoms with E-state index in [-0.39, 0.29) is 34.4 Å². The predicted molar refractivity (Wildman–Crippen MR) is 237 cm³/mol. The molecule has 5 aromatic rings. The molecule has 63 heavy (non-hydrogen) atoms. The SMILES string of the molecule is CC(Oc1ccc(SNC(=O)c2ccc(N3CCN(CC4=C(c5ccc(C(F)(F)F)cc5)CC(C)(C)CC4)CC3)cc2Oc2cnc3[nH]ccc3c2)cc1[N+](=O)[O-])C1CCOCC1. The van der Waals surface area contributed by atoms with Crippen molar-refractivity contribution in [3.05, 3.63) is 118 Å². The number of nitro groups is 1. The molecule has 16 heteroatoms. The van der Waals surface area contributed by atoms with Crippen LogP contribution in [0.25, 0.3) is 16.6 Å². The molecule has 3 aliphatic rings. The van der Waals surface area contributed by atoms with Crippen LogP contribution < -0.4 is 19.1 Å². The molecule has 1 aliphatic carbocycles. The van der Waals surface area contributed by atoms with Gasteiger partial charge in [0.05, 0.1) is 28.4 Å². The Balaban J connectivity index is 0.970. The summed E-state index contributed by atoms with van der Waals surface area (Å²) in [5.41, 5.74) is 4.33. The van der Waals surface area contributed by atoms with Crippen molar-refractivity contribution in [1.82, 2.24) is 19.6 Å².